The average Bonchev–Trinajstić information content (AvgIpc) is 2.98. The number of carbonyl (C=O) groups excluding carboxylic acids is 1. The largest absolute Gasteiger partial charge is 0.378 e. The fourth-order valence-corrected chi connectivity index (χ4v) is 2.62. The van der Waals surface area contributed by atoms with Crippen LogP contribution in [-0.4, -0.2) is 30.0 Å². The third kappa shape index (κ3) is 3.25. The highest BCUT2D eigenvalue weighted by molar-refractivity contribution is 5.95. The van der Waals surface area contributed by atoms with Gasteiger partial charge in [0.25, 0.3) is 5.91 Å². The van der Waals surface area contributed by atoms with Crippen LogP contribution in [0.3, 0.4) is 0 Å². The maximum Gasteiger partial charge on any atom is 0.251 e. The summed E-state index contributed by atoms with van der Waals surface area (Å²) in [6, 6.07) is 13.4. The minimum absolute atomic E-state index is 0.108. The molecule has 0 aliphatic carbocycles. The lowest BCUT2D eigenvalue weighted by Crippen LogP contribution is -2.27. The Labute approximate surface area is 141 Å². The van der Waals surface area contributed by atoms with Gasteiger partial charge in [-0.3, -0.25) is 4.79 Å². The van der Waals surface area contributed by atoms with Gasteiger partial charge in [0.1, 0.15) is 5.82 Å². The predicted octanol–water partition coefficient (Wildman–Crippen LogP) is 3.43. The van der Waals surface area contributed by atoms with Crippen LogP contribution in [0.25, 0.3) is 11.0 Å². The molecule has 24 heavy (non-hydrogen) atoms. The van der Waals surface area contributed by atoms with Crippen molar-refractivity contribution in [1.29, 1.82) is 0 Å². The van der Waals surface area contributed by atoms with Crippen molar-refractivity contribution in [2.75, 3.05) is 19.0 Å². The van der Waals surface area contributed by atoms with E-state index in [1.807, 2.05) is 69.2 Å². The smallest absolute Gasteiger partial charge is 0.251 e. The standard InChI is InChI=1S/C19H22N4O/c1-12-8-9-16-17(10-12)22-18(21-16)13(2)20-19(24)14-6-5-7-15(11-14)23(3)4/h5-11,13H,1-4H3,(H,20,24)(H,21,22). The van der Waals surface area contributed by atoms with E-state index in [0.29, 0.717) is 5.56 Å². The Morgan fingerprint density at radius 2 is 2.00 bits per heavy atom. The number of anilines is 1. The van der Waals surface area contributed by atoms with Gasteiger partial charge in [0.15, 0.2) is 0 Å². The zero-order valence-electron chi connectivity index (χ0n) is 14.4. The maximum atomic E-state index is 12.5. The lowest BCUT2D eigenvalue weighted by atomic mass is 10.1. The van der Waals surface area contributed by atoms with Gasteiger partial charge in [-0.1, -0.05) is 12.1 Å². The fraction of sp³-hybridized carbons (Fsp3) is 0.263. The molecule has 2 N–H and O–H groups in total. The average molecular weight is 322 g/mol. The van der Waals surface area contributed by atoms with E-state index in [4.69, 9.17) is 0 Å². The minimum Gasteiger partial charge on any atom is -0.378 e. The fourth-order valence-electron chi connectivity index (χ4n) is 2.62. The molecule has 0 bridgehead atoms. The van der Waals surface area contributed by atoms with Crippen molar-refractivity contribution >= 4 is 22.6 Å². The molecule has 1 aromatic heterocycles. The summed E-state index contributed by atoms with van der Waals surface area (Å²) in [5.41, 5.74) is 4.71. The molecular formula is C19H22N4O. The second-order valence-corrected chi connectivity index (χ2v) is 6.28. The van der Waals surface area contributed by atoms with E-state index in [0.717, 1.165) is 22.5 Å². The van der Waals surface area contributed by atoms with Crippen LogP contribution in [-0.2, 0) is 0 Å². The quantitative estimate of drug-likeness (QED) is 0.773. The zero-order valence-corrected chi connectivity index (χ0v) is 14.4. The van der Waals surface area contributed by atoms with Crippen LogP contribution in [0, 0.1) is 6.92 Å². The highest BCUT2D eigenvalue weighted by Gasteiger charge is 2.15. The van der Waals surface area contributed by atoms with Crippen LogP contribution in [0.15, 0.2) is 42.5 Å². The summed E-state index contributed by atoms with van der Waals surface area (Å²) in [5.74, 6) is 0.649. The SMILES string of the molecule is Cc1ccc2nc(C(C)NC(=O)c3cccc(N(C)C)c3)[nH]c2c1. The number of carbonyl (C=O) groups is 1. The summed E-state index contributed by atoms with van der Waals surface area (Å²) in [7, 11) is 3.91. The first kappa shape index (κ1) is 16.1. The van der Waals surface area contributed by atoms with Gasteiger partial charge in [0, 0.05) is 25.3 Å². The number of aromatic amines is 1. The van der Waals surface area contributed by atoms with Crippen LogP contribution in [0.2, 0.25) is 0 Å². The molecule has 1 amide bonds. The van der Waals surface area contributed by atoms with E-state index in [1.165, 1.54) is 5.56 Å². The summed E-state index contributed by atoms with van der Waals surface area (Å²) in [5, 5.41) is 3.00. The monoisotopic (exact) mass is 322 g/mol. The maximum absolute atomic E-state index is 12.5. The van der Waals surface area contributed by atoms with Crippen molar-refractivity contribution in [1.82, 2.24) is 15.3 Å². The molecule has 3 aromatic rings. The Hall–Kier alpha value is -2.82. The summed E-state index contributed by atoms with van der Waals surface area (Å²) in [4.78, 5) is 22.3. The van der Waals surface area contributed by atoms with Gasteiger partial charge < -0.3 is 15.2 Å². The number of hydrogen-bond acceptors (Lipinski definition) is 3. The zero-order chi connectivity index (χ0) is 17.3. The van der Waals surface area contributed by atoms with Gasteiger partial charge in [0.2, 0.25) is 0 Å². The predicted molar refractivity (Wildman–Crippen MR) is 97.5 cm³/mol. The molecule has 5 nitrogen and oxygen atoms in total. The molecule has 3 rings (SSSR count). The first-order valence-corrected chi connectivity index (χ1v) is 7.98. The summed E-state index contributed by atoms with van der Waals surface area (Å²) in [6.07, 6.45) is 0. The Morgan fingerprint density at radius 3 is 2.75 bits per heavy atom. The van der Waals surface area contributed by atoms with Crippen LogP contribution < -0.4 is 10.2 Å². The third-order valence-corrected chi connectivity index (χ3v) is 4.04. The molecule has 1 heterocycles. The lowest BCUT2D eigenvalue weighted by Gasteiger charge is -2.15. The molecule has 1 unspecified atom stereocenters. The van der Waals surface area contributed by atoms with E-state index in [1.54, 1.807) is 0 Å². The molecule has 0 saturated heterocycles. The molecule has 124 valence electrons. The van der Waals surface area contributed by atoms with Crippen LogP contribution in [0.4, 0.5) is 5.69 Å². The number of hydrogen-bond donors (Lipinski definition) is 2. The Bertz CT molecular complexity index is 882. The molecule has 1 atom stereocenters. The molecule has 0 spiro atoms. The number of nitrogens with zero attached hydrogens (tertiary/aromatic N) is 2. The van der Waals surface area contributed by atoms with Gasteiger partial charge in [-0.05, 0) is 49.7 Å². The number of rotatable bonds is 4. The van der Waals surface area contributed by atoms with Crippen molar-refractivity contribution in [2.24, 2.45) is 0 Å². The molecule has 5 heteroatoms. The summed E-state index contributed by atoms with van der Waals surface area (Å²) < 4.78 is 0. The van der Waals surface area contributed by atoms with E-state index < -0.39 is 0 Å². The number of imidazole rings is 1. The topological polar surface area (TPSA) is 61.0 Å². The number of aromatic nitrogens is 2. The van der Waals surface area contributed by atoms with Gasteiger partial charge >= 0.3 is 0 Å². The van der Waals surface area contributed by atoms with Crippen molar-refractivity contribution in [3.63, 3.8) is 0 Å². The normalized spacial score (nSPS) is 12.2. The number of nitrogens with one attached hydrogen (secondary N) is 2. The highest BCUT2D eigenvalue weighted by atomic mass is 16.1. The van der Waals surface area contributed by atoms with E-state index >= 15 is 0 Å². The number of fused-ring (bicyclic) bond motifs is 1. The van der Waals surface area contributed by atoms with E-state index in [9.17, 15) is 4.79 Å². The van der Waals surface area contributed by atoms with Gasteiger partial charge in [-0.15, -0.1) is 0 Å². The number of amides is 1. The second kappa shape index (κ2) is 6.35. The summed E-state index contributed by atoms with van der Waals surface area (Å²) in [6.45, 7) is 3.97. The minimum atomic E-state index is -0.201. The Morgan fingerprint density at radius 1 is 1.21 bits per heavy atom. The van der Waals surface area contributed by atoms with Gasteiger partial charge in [-0.25, -0.2) is 4.98 Å². The van der Waals surface area contributed by atoms with Crippen molar-refractivity contribution in [2.45, 2.75) is 19.9 Å². The third-order valence-electron chi connectivity index (χ3n) is 4.04. The molecular weight excluding hydrogens is 300 g/mol. The lowest BCUT2D eigenvalue weighted by molar-refractivity contribution is 0.0938. The molecule has 2 aromatic carbocycles. The first-order valence-electron chi connectivity index (χ1n) is 7.98. The summed E-state index contributed by atoms with van der Waals surface area (Å²) >= 11 is 0. The number of aryl methyl sites for hydroxylation is 1. The highest BCUT2D eigenvalue weighted by Crippen LogP contribution is 2.18. The Kier molecular flexibility index (Phi) is 4.25. The van der Waals surface area contributed by atoms with Crippen LogP contribution in [0.5, 0.6) is 0 Å². The molecule has 0 aliphatic heterocycles. The molecule has 0 fully saturated rings. The molecule has 0 radical (unpaired) electrons. The van der Waals surface area contributed by atoms with Crippen LogP contribution >= 0.6 is 0 Å². The number of H-pyrrole nitrogens is 1. The Balaban J connectivity index is 1.79. The van der Waals surface area contributed by atoms with Crippen molar-refractivity contribution in [3.8, 4) is 0 Å². The van der Waals surface area contributed by atoms with E-state index in [2.05, 4.69) is 21.4 Å². The number of benzene rings is 2. The van der Waals surface area contributed by atoms with Gasteiger partial charge in [-0.2, -0.15) is 0 Å². The van der Waals surface area contributed by atoms with Crippen molar-refractivity contribution < 1.29 is 4.79 Å². The first-order chi connectivity index (χ1) is 11.4. The molecule has 0 saturated carbocycles. The molecule has 0 aliphatic rings. The van der Waals surface area contributed by atoms with E-state index in [-0.39, 0.29) is 11.9 Å². The van der Waals surface area contributed by atoms with Crippen molar-refractivity contribution in [3.05, 3.63) is 59.4 Å². The van der Waals surface area contributed by atoms with Gasteiger partial charge in [0.05, 0.1) is 17.1 Å². The second-order valence-electron chi connectivity index (χ2n) is 6.28. The van der Waals surface area contributed by atoms with Crippen LogP contribution in [0.1, 0.15) is 34.7 Å².